The van der Waals surface area contributed by atoms with Gasteiger partial charge in [0.2, 0.25) is 0 Å². The number of sulfone groups is 1. The van der Waals surface area contributed by atoms with Crippen molar-refractivity contribution in [1.29, 1.82) is 0 Å². The molecule has 1 aromatic rings. The minimum absolute atomic E-state index is 0.173. The highest BCUT2D eigenvalue weighted by molar-refractivity contribution is 8.00. The van der Waals surface area contributed by atoms with Gasteiger partial charge in [-0.05, 0) is 24.6 Å². The molecule has 0 aliphatic heterocycles. The van der Waals surface area contributed by atoms with Gasteiger partial charge in [0.25, 0.3) is 0 Å². The molecule has 0 saturated carbocycles. The molecule has 0 radical (unpaired) electrons. The first-order valence-corrected chi connectivity index (χ1v) is 7.83. The van der Waals surface area contributed by atoms with Crippen LogP contribution < -0.4 is 0 Å². The van der Waals surface area contributed by atoms with Crippen molar-refractivity contribution in [1.82, 2.24) is 0 Å². The highest BCUT2D eigenvalue weighted by Crippen LogP contribution is 2.20. The monoisotopic (exact) mass is 258 g/mol. The SMILES string of the molecule is Cc1cc(SCCS(C)(=O)=O)ccc1C=O. The second-order valence-corrected chi connectivity index (χ2v) is 7.04. The van der Waals surface area contributed by atoms with E-state index in [9.17, 15) is 13.2 Å². The third-order valence-corrected chi connectivity index (χ3v) is 4.29. The lowest BCUT2D eigenvalue weighted by atomic mass is 10.1. The van der Waals surface area contributed by atoms with E-state index < -0.39 is 9.84 Å². The summed E-state index contributed by atoms with van der Waals surface area (Å²) in [6, 6.07) is 5.49. The van der Waals surface area contributed by atoms with Crippen LogP contribution in [0, 0.1) is 6.92 Å². The van der Waals surface area contributed by atoms with E-state index in [1.54, 1.807) is 6.07 Å². The average molecular weight is 258 g/mol. The fourth-order valence-electron chi connectivity index (χ4n) is 1.18. The quantitative estimate of drug-likeness (QED) is 0.598. The molecule has 0 aliphatic carbocycles. The molecular formula is C11H14O3S2. The van der Waals surface area contributed by atoms with Crippen molar-refractivity contribution >= 4 is 27.9 Å². The van der Waals surface area contributed by atoms with E-state index in [4.69, 9.17) is 0 Å². The molecule has 0 bridgehead atoms. The molecule has 3 nitrogen and oxygen atoms in total. The fourth-order valence-corrected chi connectivity index (χ4v) is 3.39. The van der Waals surface area contributed by atoms with E-state index in [1.165, 1.54) is 18.0 Å². The van der Waals surface area contributed by atoms with Gasteiger partial charge in [0.1, 0.15) is 16.1 Å². The van der Waals surface area contributed by atoms with E-state index >= 15 is 0 Å². The Morgan fingerprint density at radius 3 is 2.56 bits per heavy atom. The van der Waals surface area contributed by atoms with Gasteiger partial charge >= 0.3 is 0 Å². The summed E-state index contributed by atoms with van der Waals surface area (Å²) in [5, 5.41) is 0. The fraction of sp³-hybridized carbons (Fsp3) is 0.364. The normalized spacial score (nSPS) is 11.4. The van der Waals surface area contributed by atoms with Crippen LogP contribution in [0.4, 0.5) is 0 Å². The molecule has 88 valence electrons. The first-order valence-electron chi connectivity index (χ1n) is 4.79. The Morgan fingerprint density at radius 1 is 1.38 bits per heavy atom. The van der Waals surface area contributed by atoms with E-state index in [-0.39, 0.29) is 5.75 Å². The highest BCUT2D eigenvalue weighted by Gasteiger charge is 2.04. The molecule has 0 heterocycles. The molecule has 0 saturated heterocycles. The van der Waals surface area contributed by atoms with Crippen LogP contribution in [0.3, 0.4) is 0 Å². The van der Waals surface area contributed by atoms with Crippen LogP contribution in [-0.2, 0) is 9.84 Å². The summed E-state index contributed by atoms with van der Waals surface area (Å²) >= 11 is 1.49. The predicted octanol–water partition coefficient (Wildman–Crippen LogP) is 1.94. The number of benzene rings is 1. The molecule has 0 spiro atoms. The minimum Gasteiger partial charge on any atom is -0.298 e. The van der Waals surface area contributed by atoms with Gasteiger partial charge in [-0.2, -0.15) is 0 Å². The van der Waals surface area contributed by atoms with Gasteiger partial charge in [0, 0.05) is 22.5 Å². The Hall–Kier alpha value is -0.810. The Labute approximate surface area is 100 Å². The Kier molecular flexibility index (Phi) is 4.56. The summed E-state index contributed by atoms with van der Waals surface area (Å²) < 4.78 is 21.9. The molecule has 0 N–H and O–H groups in total. The summed E-state index contributed by atoms with van der Waals surface area (Å²) in [6.07, 6.45) is 2.05. The zero-order valence-electron chi connectivity index (χ0n) is 9.26. The van der Waals surface area contributed by atoms with E-state index in [0.29, 0.717) is 11.3 Å². The first kappa shape index (κ1) is 13.3. The Bertz CT molecular complexity index is 478. The van der Waals surface area contributed by atoms with E-state index in [0.717, 1.165) is 16.7 Å². The molecule has 1 aromatic carbocycles. The van der Waals surface area contributed by atoms with Crippen molar-refractivity contribution in [3.8, 4) is 0 Å². The number of aryl methyl sites for hydroxylation is 1. The van der Waals surface area contributed by atoms with Crippen LogP contribution in [-0.4, -0.2) is 32.5 Å². The number of thioether (sulfide) groups is 1. The molecule has 0 aromatic heterocycles. The van der Waals surface area contributed by atoms with Crippen LogP contribution in [0.2, 0.25) is 0 Å². The van der Waals surface area contributed by atoms with Gasteiger partial charge in [-0.3, -0.25) is 4.79 Å². The molecule has 1 rings (SSSR count). The second-order valence-electron chi connectivity index (χ2n) is 3.61. The topological polar surface area (TPSA) is 51.2 Å². The third kappa shape index (κ3) is 4.37. The smallest absolute Gasteiger partial charge is 0.150 e. The number of hydrogen-bond donors (Lipinski definition) is 0. The van der Waals surface area contributed by atoms with Crippen molar-refractivity contribution in [2.75, 3.05) is 17.8 Å². The molecule has 0 atom stereocenters. The van der Waals surface area contributed by atoms with Gasteiger partial charge in [-0.25, -0.2) is 8.42 Å². The van der Waals surface area contributed by atoms with Crippen LogP contribution in [0.1, 0.15) is 15.9 Å². The van der Waals surface area contributed by atoms with Crippen LogP contribution >= 0.6 is 11.8 Å². The second kappa shape index (κ2) is 5.50. The molecule has 16 heavy (non-hydrogen) atoms. The number of hydrogen-bond acceptors (Lipinski definition) is 4. The minimum atomic E-state index is -2.89. The van der Waals surface area contributed by atoms with Crippen molar-refractivity contribution in [3.63, 3.8) is 0 Å². The number of carbonyl (C=O) groups is 1. The molecule has 0 fully saturated rings. The number of aldehydes is 1. The summed E-state index contributed by atoms with van der Waals surface area (Å²) in [7, 11) is -2.89. The van der Waals surface area contributed by atoms with Crippen LogP contribution in [0.15, 0.2) is 23.1 Å². The van der Waals surface area contributed by atoms with Gasteiger partial charge in [0.15, 0.2) is 0 Å². The molecule has 0 unspecified atom stereocenters. The summed E-state index contributed by atoms with van der Waals surface area (Å²) in [5.41, 5.74) is 1.59. The Balaban J connectivity index is 2.62. The maximum absolute atomic E-state index is 10.9. The number of rotatable bonds is 5. The van der Waals surface area contributed by atoms with Crippen molar-refractivity contribution < 1.29 is 13.2 Å². The zero-order chi connectivity index (χ0) is 12.2. The van der Waals surface area contributed by atoms with Crippen molar-refractivity contribution in [2.24, 2.45) is 0 Å². The van der Waals surface area contributed by atoms with Crippen LogP contribution in [0.5, 0.6) is 0 Å². The zero-order valence-corrected chi connectivity index (χ0v) is 10.9. The molecule has 5 heteroatoms. The molecule has 0 amide bonds. The lowest BCUT2D eigenvalue weighted by molar-refractivity contribution is 0.112. The third-order valence-electron chi connectivity index (χ3n) is 2.09. The van der Waals surface area contributed by atoms with Crippen molar-refractivity contribution in [2.45, 2.75) is 11.8 Å². The largest absolute Gasteiger partial charge is 0.298 e. The van der Waals surface area contributed by atoms with E-state index in [1.807, 2.05) is 19.1 Å². The standard InChI is InChI=1S/C11H14O3S2/c1-9-7-11(4-3-10(9)8-12)15-5-6-16(2,13)14/h3-4,7-8H,5-6H2,1-2H3. The summed E-state index contributed by atoms with van der Waals surface area (Å²) in [6.45, 7) is 1.87. The highest BCUT2D eigenvalue weighted by atomic mass is 32.2. The lowest BCUT2D eigenvalue weighted by Gasteiger charge is -2.03. The van der Waals surface area contributed by atoms with E-state index in [2.05, 4.69) is 0 Å². The Morgan fingerprint density at radius 2 is 2.06 bits per heavy atom. The number of carbonyl (C=O) groups excluding carboxylic acids is 1. The average Bonchev–Trinajstić information content (AvgIpc) is 2.16. The van der Waals surface area contributed by atoms with Gasteiger partial charge < -0.3 is 0 Å². The predicted molar refractivity (Wildman–Crippen MR) is 67.0 cm³/mol. The summed E-state index contributed by atoms with van der Waals surface area (Å²) in [5.74, 6) is 0.713. The van der Waals surface area contributed by atoms with Crippen molar-refractivity contribution in [3.05, 3.63) is 29.3 Å². The summed E-state index contributed by atoms with van der Waals surface area (Å²) in [4.78, 5) is 11.6. The maximum Gasteiger partial charge on any atom is 0.150 e. The maximum atomic E-state index is 10.9. The van der Waals surface area contributed by atoms with Gasteiger partial charge in [-0.15, -0.1) is 11.8 Å². The molecular weight excluding hydrogens is 244 g/mol. The lowest BCUT2D eigenvalue weighted by Crippen LogP contribution is -2.04. The van der Waals surface area contributed by atoms with Gasteiger partial charge in [0.05, 0.1) is 5.75 Å². The molecule has 0 aliphatic rings. The first-order chi connectivity index (χ1) is 7.42. The van der Waals surface area contributed by atoms with Crippen LogP contribution in [0.25, 0.3) is 0 Å². The van der Waals surface area contributed by atoms with Gasteiger partial charge in [-0.1, -0.05) is 6.07 Å².